The molecule has 0 spiro atoms. The van der Waals surface area contributed by atoms with Gasteiger partial charge in [-0.3, -0.25) is 0 Å². The predicted molar refractivity (Wildman–Crippen MR) is 86.3 cm³/mol. The van der Waals surface area contributed by atoms with E-state index in [-0.39, 0.29) is 5.75 Å². The lowest BCUT2D eigenvalue weighted by Gasteiger charge is -2.38. The number of nitrogens with one attached hydrogen (secondary N) is 2. The summed E-state index contributed by atoms with van der Waals surface area (Å²) in [6.45, 7) is 0.904. The van der Waals surface area contributed by atoms with Gasteiger partial charge < -0.3 is 25.8 Å². The third kappa shape index (κ3) is 3.67. The quantitative estimate of drug-likeness (QED) is 0.850. The molecule has 1 aromatic rings. The SMILES string of the molecule is FC(F)(F)Oc1cccc(C2=C[N-]C3=CC=C(NCC4CC4)NN32)c1. The van der Waals surface area contributed by atoms with Crippen molar-refractivity contribution in [1.82, 2.24) is 15.8 Å². The van der Waals surface area contributed by atoms with E-state index in [4.69, 9.17) is 0 Å². The van der Waals surface area contributed by atoms with Gasteiger partial charge in [0.05, 0.1) is 0 Å². The molecule has 2 heterocycles. The number of halogens is 3. The molecule has 0 bridgehead atoms. The van der Waals surface area contributed by atoms with Crippen LogP contribution in [0.15, 0.2) is 54.3 Å². The zero-order valence-electron chi connectivity index (χ0n) is 13.2. The Morgan fingerprint density at radius 3 is 2.88 bits per heavy atom. The fourth-order valence-corrected chi connectivity index (χ4v) is 2.65. The highest BCUT2D eigenvalue weighted by atomic mass is 19.4. The van der Waals surface area contributed by atoms with Crippen molar-refractivity contribution in [3.63, 3.8) is 0 Å². The van der Waals surface area contributed by atoms with Gasteiger partial charge in [0, 0.05) is 6.54 Å². The highest BCUT2D eigenvalue weighted by Gasteiger charge is 2.31. The molecule has 1 fully saturated rings. The average molecular weight is 349 g/mol. The van der Waals surface area contributed by atoms with Crippen LogP contribution in [0.3, 0.4) is 0 Å². The lowest BCUT2D eigenvalue weighted by Crippen LogP contribution is -2.40. The van der Waals surface area contributed by atoms with Gasteiger partial charge >= 0.3 is 6.36 Å². The summed E-state index contributed by atoms with van der Waals surface area (Å²) in [4.78, 5) is 0. The normalized spacial score (nSPS) is 19.2. The van der Waals surface area contributed by atoms with E-state index >= 15 is 0 Å². The summed E-state index contributed by atoms with van der Waals surface area (Å²) in [6, 6.07) is 5.84. The molecule has 0 saturated heterocycles. The van der Waals surface area contributed by atoms with Gasteiger partial charge in [-0.1, -0.05) is 24.4 Å². The molecule has 0 atom stereocenters. The van der Waals surface area contributed by atoms with Gasteiger partial charge in [-0.05, 0) is 54.0 Å². The van der Waals surface area contributed by atoms with Crippen LogP contribution < -0.4 is 15.5 Å². The monoisotopic (exact) mass is 349 g/mol. The van der Waals surface area contributed by atoms with E-state index < -0.39 is 6.36 Å². The van der Waals surface area contributed by atoms with Crippen molar-refractivity contribution >= 4 is 5.70 Å². The first-order valence-electron chi connectivity index (χ1n) is 7.98. The molecule has 5 nitrogen and oxygen atoms in total. The first-order chi connectivity index (χ1) is 12.0. The molecular weight excluding hydrogens is 333 g/mol. The summed E-state index contributed by atoms with van der Waals surface area (Å²) in [5.74, 6) is 1.97. The summed E-state index contributed by atoms with van der Waals surface area (Å²) >= 11 is 0. The Kier molecular flexibility index (Phi) is 3.74. The second kappa shape index (κ2) is 5.94. The minimum Gasteiger partial charge on any atom is -0.441 e. The Morgan fingerprint density at radius 2 is 2.12 bits per heavy atom. The lowest BCUT2D eigenvalue weighted by molar-refractivity contribution is -0.274. The number of allylic oxidation sites excluding steroid dienone is 2. The first-order valence-corrected chi connectivity index (χ1v) is 7.98. The van der Waals surface area contributed by atoms with Crippen LogP contribution in [0.2, 0.25) is 0 Å². The lowest BCUT2D eigenvalue weighted by atomic mass is 10.1. The standard InChI is InChI=1S/C17H16F3N4O/c18-17(19,20)25-13-3-1-2-12(8-13)14-10-22-16-7-6-15(23-24(14)16)21-9-11-4-5-11/h1-3,6-8,10-11,21,23H,4-5,9H2/q-1. The Hall–Kier alpha value is -2.77. The topological polar surface area (TPSA) is 50.6 Å². The fraction of sp³-hybridized carbons (Fsp3) is 0.294. The molecule has 3 aliphatic rings. The molecule has 1 saturated carbocycles. The fourth-order valence-electron chi connectivity index (χ4n) is 2.65. The van der Waals surface area contributed by atoms with Crippen LogP contribution in [0.1, 0.15) is 18.4 Å². The number of benzene rings is 1. The van der Waals surface area contributed by atoms with E-state index in [0.29, 0.717) is 17.1 Å². The van der Waals surface area contributed by atoms with Crippen molar-refractivity contribution in [3.8, 4) is 5.75 Å². The van der Waals surface area contributed by atoms with Gasteiger partial charge in [-0.25, -0.2) is 0 Å². The van der Waals surface area contributed by atoms with E-state index in [2.05, 4.69) is 20.8 Å². The molecule has 0 radical (unpaired) electrons. The van der Waals surface area contributed by atoms with Crippen LogP contribution in [0.5, 0.6) is 5.75 Å². The zero-order valence-corrected chi connectivity index (χ0v) is 13.2. The smallest absolute Gasteiger partial charge is 0.441 e. The number of hydrazine groups is 1. The van der Waals surface area contributed by atoms with E-state index in [1.165, 1.54) is 31.0 Å². The third-order valence-electron chi connectivity index (χ3n) is 4.06. The molecule has 8 heteroatoms. The van der Waals surface area contributed by atoms with Crippen molar-refractivity contribution in [2.75, 3.05) is 6.54 Å². The molecule has 25 heavy (non-hydrogen) atoms. The minimum absolute atomic E-state index is 0.261. The van der Waals surface area contributed by atoms with E-state index in [1.54, 1.807) is 17.3 Å². The van der Waals surface area contributed by atoms with E-state index in [1.807, 2.05) is 12.2 Å². The molecule has 0 aromatic heterocycles. The van der Waals surface area contributed by atoms with Crippen LogP contribution in [0.4, 0.5) is 13.2 Å². The number of hydrogen-bond acceptors (Lipinski definition) is 4. The number of rotatable bonds is 5. The third-order valence-corrected chi connectivity index (χ3v) is 4.06. The number of fused-ring (bicyclic) bond motifs is 1. The van der Waals surface area contributed by atoms with Gasteiger partial charge in [0.25, 0.3) is 0 Å². The summed E-state index contributed by atoms with van der Waals surface area (Å²) in [6.07, 6.45) is 3.14. The maximum absolute atomic E-state index is 12.4. The zero-order chi connectivity index (χ0) is 17.4. The highest BCUT2D eigenvalue weighted by molar-refractivity contribution is 5.73. The molecule has 2 N–H and O–H groups in total. The van der Waals surface area contributed by atoms with Crippen LogP contribution in [0.25, 0.3) is 11.0 Å². The molecular formula is C17H16F3N4O-. The predicted octanol–water partition coefficient (Wildman–Crippen LogP) is 3.77. The second-order valence-electron chi connectivity index (χ2n) is 6.10. The first kappa shape index (κ1) is 15.7. The Bertz CT molecular complexity index is 765. The maximum atomic E-state index is 12.4. The van der Waals surface area contributed by atoms with Crippen molar-refractivity contribution < 1.29 is 17.9 Å². The summed E-state index contributed by atoms with van der Waals surface area (Å²) in [5, 5.41) is 9.36. The van der Waals surface area contributed by atoms with Crippen LogP contribution in [-0.4, -0.2) is 17.9 Å². The minimum atomic E-state index is -4.72. The summed E-state index contributed by atoms with van der Waals surface area (Å²) in [7, 11) is 0. The van der Waals surface area contributed by atoms with Gasteiger partial charge in [0.1, 0.15) is 11.6 Å². The van der Waals surface area contributed by atoms with Crippen LogP contribution in [-0.2, 0) is 0 Å². The molecule has 0 unspecified atom stereocenters. The average Bonchev–Trinajstić information content (AvgIpc) is 3.29. The van der Waals surface area contributed by atoms with Gasteiger partial charge in [0.15, 0.2) is 0 Å². The number of ether oxygens (including phenoxy) is 1. The van der Waals surface area contributed by atoms with Crippen molar-refractivity contribution in [3.05, 3.63) is 65.1 Å². The maximum Gasteiger partial charge on any atom is 0.573 e. The summed E-state index contributed by atoms with van der Waals surface area (Å²) in [5.41, 5.74) is 4.43. The summed E-state index contributed by atoms with van der Waals surface area (Å²) < 4.78 is 41.3. The molecule has 2 aliphatic heterocycles. The largest absolute Gasteiger partial charge is 0.573 e. The van der Waals surface area contributed by atoms with Crippen molar-refractivity contribution in [2.24, 2.45) is 5.92 Å². The van der Waals surface area contributed by atoms with Crippen LogP contribution >= 0.6 is 0 Å². The van der Waals surface area contributed by atoms with Gasteiger partial charge in [0.2, 0.25) is 0 Å². The molecule has 132 valence electrons. The second-order valence-corrected chi connectivity index (χ2v) is 6.10. The van der Waals surface area contributed by atoms with E-state index in [0.717, 1.165) is 18.3 Å². The molecule has 1 aliphatic carbocycles. The Labute approximate surface area is 142 Å². The number of nitrogens with zero attached hydrogens (tertiary/aromatic N) is 2. The van der Waals surface area contributed by atoms with E-state index in [9.17, 15) is 13.2 Å². The van der Waals surface area contributed by atoms with Gasteiger partial charge in [-0.15, -0.1) is 13.2 Å². The van der Waals surface area contributed by atoms with Crippen molar-refractivity contribution in [1.29, 1.82) is 0 Å². The molecule has 1 aromatic carbocycles. The number of alkyl halides is 3. The van der Waals surface area contributed by atoms with Crippen molar-refractivity contribution in [2.45, 2.75) is 19.2 Å². The molecule has 4 rings (SSSR count). The Morgan fingerprint density at radius 1 is 1.28 bits per heavy atom. The number of hydrogen-bond donors (Lipinski definition) is 2. The van der Waals surface area contributed by atoms with Crippen LogP contribution in [0, 0.1) is 5.92 Å². The van der Waals surface area contributed by atoms with Gasteiger partial charge in [-0.2, -0.15) is 0 Å². The molecule has 0 amide bonds. The highest BCUT2D eigenvalue weighted by Crippen LogP contribution is 2.36. The Balaban J connectivity index is 1.49.